The Bertz CT molecular complexity index is 1540. The third kappa shape index (κ3) is 5.03. The SMILES string of the molecule is CCN(CC)CCN1C(=O)C(=O)C(=C(O)c2c(C)nc3ccccn23)C1c1cccc(Oc2ccccc2)c1. The van der Waals surface area contributed by atoms with E-state index in [1.165, 1.54) is 0 Å². The molecule has 5 rings (SSSR count). The number of aryl methyl sites for hydroxylation is 1. The number of para-hydroxylation sites is 1. The van der Waals surface area contributed by atoms with Crippen LogP contribution in [0.25, 0.3) is 11.4 Å². The number of aromatic nitrogens is 2. The Morgan fingerprint density at radius 1 is 0.974 bits per heavy atom. The summed E-state index contributed by atoms with van der Waals surface area (Å²) in [6.07, 6.45) is 1.78. The van der Waals surface area contributed by atoms with Crippen LogP contribution in [0.5, 0.6) is 11.5 Å². The molecule has 0 spiro atoms. The number of Topliss-reactive ketones (excluding diaryl/α,β-unsaturated/α-hetero) is 1. The van der Waals surface area contributed by atoms with Crippen molar-refractivity contribution in [3.63, 3.8) is 0 Å². The van der Waals surface area contributed by atoms with Gasteiger partial charge in [0.25, 0.3) is 11.7 Å². The molecule has 200 valence electrons. The molecule has 8 heteroatoms. The lowest BCUT2D eigenvalue weighted by Crippen LogP contribution is -2.38. The van der Waals surface area contributed by atoms with Crippen molar-refractivity contribution in [2.75, 3.05) is 26.2 Å². The summed E-state index contributed by atoms with van der Waals surface area (Å²) in [6.45, 7) is 8.50. The molecule has 4 aromatic rings. The number of nitrogens with zero attached hydrogens (tertiary/aromatic N) is 4. The molecule has 0 bridgehead atoms. The number of imidazole rings is 1. The van der Waals surface area contributed by atoms with E-state index in [9.17, 15) is 14.7 Å². The fourth-order valence-electron chi connectivity index (χ4n) is 5.15. The van der Waals surface area contributed by atoms with Crippen molar-refractivity contribution < 1.29 is 19.4 Å². The van der Waals surface area contributed by atoms with E-state index in [0.717, 1.165) is 13.1 Å². The van der Waals surface area contributed by atoms with Crippen LogP contribution in [0, 0.1) is 6.92 Å². The number of carbonyl (C=O) groups is 2. The van der Waals surface area contributed by atoms with Gasteiger partial charge in [0.2, 0.25) is 0 Å². The van der Waals surface area contributed by atoms with Gasteiger partial charge in [0, 0.05) is 19.3 Å². The summed E-state index contributed by atoms with van der Waals surface area (Å²) in [5.41, 5.74) is 2.32. The Morgan fingerprint density at radius 2 is 1.69 bits per heavy atom. The predicted molar refractivity (Wildman–Crippen MR) is 150 cm³/mol. The second kappa shape index (κ2) is 11.1. The second-order valence-electron chi connectivity index (χ2n) is 9.48. The lowest BCUT2D eigenvalue weighted by atomic mass is 9.96. The Labute approximate surface area is 227 Å². The van der Waals surface area contributed by atoms with E-state index >= 15 is 0 Å². The summed E-state index contributed by atoms with van der Waals surface area (Å²) in [4.78, 5) is 35.3. The van der Waals surface area contributed by atoms with Gasteiger partial charge >= 0.3 is 0 Å². The maximum Gasteiger partial charge on any atom is 0.295 e. The average Bonchev–Trinajstić information content (AvgIpc) is 3.42. The first kappa shape index (κ1) is 26.2. The maximum absolute atomic E-state index is 13.6. The minimum Gasteiger partial charge on any atom is -0.505 e. The van der Waals surface area contributed by atoms with E-state index in [2.05, 4.69) is 23.7 Å². The average molecular weight is 525 g/mol. The molecule has 0 saturated carbocycles. The van der Waals surface area contributed by atoms with Crippen molar-refractivity contribution in [3.05, 3.63) is 102 Å². The van der Waals surface area contributed by atoms with Crippen LogP contribution in [0.4, 0.5) is 0 Å². The fraction of sp³-hybridized carbons (Fsp3) is 0.258. The second-order valence-corrected chi connectivity index (χ2v) is 9.48. The molecule has 1 atom stereocenters. The van der Waals surface area contributed by atoms with Gasteiger partial charge in [-0.2, -0.15) is 0 Å². The zero-order valence-electron chi connectivity index (χ0n) is 22.4. The summed E-state index contributed by atoms with van der Waals surface area (Å²) in [7, 11) is 0. The molecule has 1 aliphatic heterocycles. The first-order valence-electron chi connectivity index (χ1n) is 13.2. The van der Waals surface area contributed by atoms with E-state index in [1.807, 2.05) is 72.8 Å². The topological polar surface area (TPSA) is 87.4 Å². The summed E-state index contributed by atoms with van der Waals surface area (Å²) in [6, 6.07) is 21.5. The number of likely N-dealkylation sites (tertiary alicyclic amines) is 1. The number of hydrogen-bond donors (Lipinski definition) is 1. The van der Waals surface area contributed by atoms with Crippen LogP contribution in [0.1, 0.15) is 36.8 Å². The molecule has 1 unspecified atom stereocenters. The van der Waals surface area contributed by atoms with Crippen molar-refractivity contribution >= 4 is 23.1 Å². The van der Waals surface area contributed by atoms with Crippen molar-refractivity contribution in [1.29, 1.82) is 0 Å². The molecule has 0 radical (unpaired) electrons. The first-order chi connectivity index (χ1) is 18.9. The molecule has 1 N–H and O–H groups in total. The molecule has 1 fully saturated rings. The number of likely N-dealkylation sites (N-methyl/N-ethyl adjacent to an activating group) is 1. The number of hydrogen-bond acceptors (Lipinski definition) is 6. The van der Waals surface area contributed by atoms with Crippen LogP contribution in [-0.4, -0.2) is 62.2 Å². The van der Waals surface area contributed by atoms with Crippen LogP contribution in [0.3, 0.4) is 0 Å². The zero-order valence-corrected chi connectivity index (χ0v) is 22.4. The molecule has 3 heterocycles. The fourth-order valence-corrected chi connectivity index (χ4v) is 5.15. The molecule has 1 aliphatic rings. The molecule has 1 amide bonds. The molecular formula is C31H32N4O4. The van der Waals surface area contributed by atoms with E-state index < -0.39 is 17.7 Å². The van der Waals surface area contributed by atoms with Gasteiger partial charge in [-0.1, -0.05) is 50.2 Å². The number of fused-ring (bicyclic) bond motifs is 1. The molecule has 0 aliphatic carbocycles. The monoisotopic (exact) mass is 524 g/mol. The van der Waals surface area contributed by atoms with Crippen LogP contribution in [-0.2, 0) is 9.59 Å². The summed E-state index contributed by atoms with van der Waals surface area (Å²) >= 11 is 0. The molecule has 2 aromatic carbocycles. The number of amides is 1. The van der Waals surface area contributed by atoms with Gasteiger partial charge in [0.1, 0.15) is 22.8 Å². The van der Waals surface area contributed by atoms with Gasteiger partial charge in [-0.15, -0.1) is 0 Å². The van der Waals surface area contributed by atoms with Gasteiger partial charge in [-0.05, 0) is 62.0 Å². The Kier molecular flexibility index (Phi) is 7.47. The molecule has 39 heavy (non-hydrogen) atoms. The standard InChI is InChI=1S/C31H32N4O4/c1-4-33(5-2)18-19-35-28(22-12-11-15-24(20-22)39-23-13-7-6-8-14-23)26(30(37)31(35)38)29(36)27-21(3)32-25-16-9-10-17-34(25)27/h6-17,20,28,36H,4-5,18-19H2,1-3H3. The Balaban J connectivity index is 1.63. The number of ether oxygens (including phenoxy) is 1. The van der Waals surface area contributed by atoms with Crippen molar-refractivity contribution in [2.24, 2.45) is 0 Å². The van der Waals surface area contributed by atoms with Gasteiger partial charge in [0.05, 0.1) is 17.3 Å². The smallest absolute Gasteiger partial charge is 0.295 e. The lowest BCUT2D eigenvalue weighted by molar-refractivity contribution is -0.140. The highest BCUT2D eigenvalue weighted by Gasteiger charge is 2.46. The summed E-state index contributed by atoms with van der Waals surface area (Å²) < 4.78 is 7.79. The van der Waals surface area contributed by atoms with Crippen LogP contribution in [0.15, 0.2) is 84.6 Å². The summed E-state index contributed by atoms with van der Waals surface area (Å²) in [5, 5.41) is 11.7. The minimum absolute atomic E-state index is 0.0464. The minimum atomic E-state index is -0.784. The van der Waals surface area contributed by atoms with Gasteiger partial charge < -0.3 is 19.6 Å². The van der Waals surface area contributed by atoms with Crippen molar-refractivity contribution in [3.8, 4) is 11.5 Å². The highest BCUT2D eigenvalue weighted by atomic mass is 16.5. The third-order valence-corrected chi connectivity index (χ3v) is 7.17. The van der Waals surface area contributed by atoms with Crippen molar-refractivity contribution in [2.45, 2.75) is 26.8 Å². The van der Waals surface area contributed by atoms with E-state index in [1.54, 1.807) is 22.4 Å². The van der Waals surface area contributed by atoms with Gasteiger partial charge in [0.15, 0.2) is 5.76 Å². The molecule has 8 nitrogen and oxygen atoms in total. The number of benzene rings is 2. The number of ketones is 1. The van der Waals surface area contributed by atoms with Crippen LogP contribution in [0.2, 0.25) is 0 Å². The highest BCUT2D eigenvalue weighted by Crippen LogP contribution is 2.41. The number of aliphatic hydroxyl groups is 1. The maximum atomic E-state index is 13.6. The van der Waals surface area contributed by atoms with Gasteiger partial charge in [-0.25, -0.2) is 4.98 Å². The number of aliphatic hydroxyl groups excluding tert-OH is 1. The third-order valence-electron chi connectivity index (χ3n) is 7.17. The van der Waals surface area contributed by atoms with E-state index in [4.69, 9.17) is 4.74 Å². The number of pyridine rings is 1. The normalized spacial score (nSPS) is 16.9. The van der Waals surface area contributed by atoms with Crippen LogP contribution < -0.4 is 4.74 Å². The molecular weight excluding hydrogens is 492 g/mol. The quantitative estimate of drug-likeness (QED) is 0.184. The summed E-state index contributed by atoms with van der Waals surface area (Å²) in [5.74, 6) is -0.342. The van der Waals surface area contributed by atoms with E-state index in [0.29, 0.717) is 47.2 Å². The first-order valence-corrected chi connectivity index (χ1v) is 13.2. The molecule has 2 aromatic heterocycles. The predicted octanol–water partition coefficient (Wildman–Crippen LogP) is 5.20. The largest absolute Gasteiger partial charge is 0.505 e. The Morgan fingerprint density at radius 3 is 2.44 bits per heavy atom. The highest BCUT2D eigenvalue weighted by molar-refractivity contribution is 6.46. The number of rotatable bonds is 9. The zero-order chi connectivity index (χ0) is 27.5. The van der Waals surface area contributed by atoms with Crippen LogP contribution >= 0.6 is 0 Å². The van der Waals surface area contributed by atoms with Crippen molar-refractivity contribution in [1.82, 2.24) is 19.2 Å². The molecule has 1 saturated heterocycles. The van der Waals surface area contributed by atoms with E-state index in [-0.39, 0.29) is 11.3 Å². The lowest BCUT2D eigenvalue weighted by Gasteiger charge is -2.28. The van der Waals surface area contributed by atoms with Gasteiger partial charge in [-0.3, -0.25) is 14.0 Å². The number of carbonyl (C=O) groups excluding carboxylic acids is 2. The Hall–Kier alpha value is -4.43.